The number of hydrogen-bond acceptors (Lipinski definition) is 2. The minimum absolute atomic E-state index is 0.293. The van der Waals surface area contributed by atoms with Crippen LogP contribution in [0.15, 0.2) is 54.6 Å². The van der Waals surface area contributed by atoms with Gasteiger partial charge in [-0.05, 0) is 36.6 Å². The molecule has 110 valence electrons. The van der Waals surface area contributed by atoms with Gasteiger partial charge in [0.05, 0.1) is 5.60 Å². The van der Waals surface area contributed by atoms with Crippen LogP contribution >= 0.6 is 0 Å². The first-order chi connectivity index (χ1) is 10.1. The van der Waals surface area contributed by atoms with Gasteiger partial charge in [0.2, 0.25) is 0 Å². The minimum atomic E-state index is -0.717. The molecule has 1 aliphatic carbocycles. The van der Waals surface area contributed by atoms with Crippen LogP contribution in [-0.2, 0) is 12.1 Å². The maximum atomic E-state index is 10.7. The van der Waals surface area contributed by atoms with Gasteiger partial charge in [-0.3, -0.25) is 4.90 Å². The van der Waals surface area contributed by atoms with E-state index in [0.29, 0.717) is 6.04 Å². The van der Waals surface area contributed by atoms with E-state index in [1.54, 1.807) is 0 Å². The Morgan fingerprint density at radius 2 is 1.76 bits per heavy atom. The van der Waals surface area contributed by atoms with Gasteiger partial charge in [0.25, 0.3) is 0 Å². The fourth-order valence-electron chi connectivity index (χ4n) is 3.46. The van der Waals surface area contributed by atoms with Gasteiger partial charge in [0, 0.05) is 12.6 Å². The zero-order valence-corrected chi connectivity index (χ0v) is 12.8. The summed E-state index contributed by atoms with van der Waals surface area (Å²) in [6.45, 7) is 6.02. The van der Waals surface area contributed by atoms with Crippen LogP contribution in [0.1, 0.15) is 43.0 Å². The van der Waals surface area contributed by atoms with Gasteiger partial charge in [-0.15, -0.1) is 0 Å². The third-order valence-electron chi connectivity index (χ3n) is 4.57. The molecule has 2 atom stereocenters. The van der Waals surface area contributed by atoms with Crippen LogP contribution in [0.5, 0.6) is 0 Å². The summed E-state index contributed by atoms with van der Waals surface area (Å²) in [5, 5.41) is 10.7. The molecule has 0 fully saturated rings. The van der Waals surface area contributed by atoms with Crippen LogP contribution in [0.4, 0.5) is 0 Å². The van der Waals surface area contributed by atoms with Gasteiger partial charge in [-0.25, -0.2) is 0 Å². The van der Waals surface area contributed by atoms with Crippen molar-refractivity contribution < 1.29 is 5.11 Å². The molecule has 2 unspecified atom stereocenters. The fraction of sp³-hybridized carbons (Fsp3) is 0.368. The highest BCUT2D eigenvalue weighted by atomic mass is 16.3. The quantitative estimate of drug-likeness (QED) is 0.920. The zero-order valence-electron chi connectivity index (χ0n) is 12.8. The Kier molecular flexibility index (Phi) is 3.83. The summed E-state index contributed by atoms with van der Waals surface area (Å²) in [5.41, 5.74) is 2.97. The van der Waals surface area contributed by atoms with Gasteiger partial charge >= 0.3 is 0 Å². The average molecular weight is 281 g/mol. The van der Waals surface area contributed by atoms with E-state index >= 15 is 0 Å². The van der Waals surface area contributed by atoms with Gasteiger partial charge in [0.1, 0.15) is 0 Å². The Morgan fingerprint density at radius 3 is 2.48 bits per heavy atom. The second-order valence-corrected chi connectivity index (χ2v) is 6.13. The van der Waals surface area contributed by atoms with Crippen molar-refractivity contribution in [2.75, 3.05) is 6.54 Å². The fourth-order valence-corrected chi connectivity index (χ4v) is 3.46. The van der Waals surface area contributed by atoms with Crippen molar-refractivity contribution in [2.45, 2.75) is 38.5 Å². The maximum absolute atomic E-state index is 10.7. The van der Waals surface area contributed by atoms with Crippen molar-refractivity contribution >= 4 is 0 Å². The predicted octanol–water partition coefficient (Wildman–Crippen LogP) is 3.86. The second kappa shape index (κ2) is 5.63. The average Bonchev–Trinajstić information content (AvgIpc) is 2.78. The molecule has 0 amide bonds. The minimum Gasteiger partial charge on any atom is -0.385 e. The van der Waals surface area contributed by atoms with Crippen LogP contribution < -0.4 is 0 Å². The molecule has 3 rings (SSSR count). The number of fused-ring (bicyclic) bond motifs is 1. The third kappa shape index (κ3) is 2.74. The largest absolute Gasteiger partial charge is 0.385 e. The van der Waals surface area contributed by atoms with Crippen LogP contribution in [-0.4, -0.2) is 16.6 Å². The summed E-state index contributed by atoms with van der Waals surface area (Å²) in [6.07, 6.45) is 0.771. The lowest BCUT2D eigenvalue weighted by molar-refractivity contribution is 0.0329. The Hall–Kier alpha value is -1.64. The van der Waals surface area contributed by atoms with Gasteiger partial charge in [0.15, 0.2) is 0 Å². The summed E-state index contributed by atoms with van der Waals surface area (Å²) in [5.74, 6) is 0. The first-order valence-electron chi connectivity index (χ1n) is 7.71. The molecule has 2 nitrogen and oxygen atoms in total. The SMILES string of the molecule is CCN(Cc1ccccc1)C1CC(C)(O)c2ccccc21. The monoisotopic (exact) mass is 281 g/mol. The number of nitrogens with zero attached hydrogens (tertiary/aromatic N) is 1. The molecule has 0 aromatic heterocycles. The summed E-state index contributed by atoms with van der Waals surface area (Å²) in [7, 11) is 0. The van der Waals surface area contributed by atoms with Crippen LogP contribution in [0.25, 0.3) is 0 Å². The van der Waals surface area contributed by atoms with Crippen LogP contribution in [0.3, 0.4) is 0 Å². The molecule has 1 N–H and O–H groups in total. The predicted molar refractivity (Wildman–Crippen MR) is 85.9 cm³/mol. The van der Waals surface area contributed by atoms with Crippen molar-refractivity contribution in [3.05, 3.63) is 71.3 Å². The summed E-state index contributed by atoms with van der Waals surface area (Å²) < 4.78 is 0. The first kappa shape index (κ1) is 14.3. The van der Waals surface area contributed by atoms with E-state index in [-0.39, 0.29) is 0 Å². The van der Waals surface area contributed by atoms with E-state index in [1.807, 2.05) is 13.0 Å². The normalized spacial score (nSPS) is 24.3. The van der Waals surface area contributed by atoms with Crippen molar-refractivity contribution in [3.8, 4) is 0 Å². The molecular weight excluding hydrogens is 258 g/mol. The van der Waals surface area contributed by atoms with Crippen LogP contribution in [0, 0.1) is 0 Å². The molecule has 0 radical (unpaired) electrons. The molecule has 0 heterocycles. The van der Waals surface area contributed by atoms with E-state index in [9.17, 15) is 5.11 Å². The van der Waals surface area contributed by atoms with E-state index in [0.717, 1.165) is 25.1 Å². The number of benzene rings is 2. The summed E-state index contributed by atoms with van der Waals surface area (Å²) in [6, 6.07) is 19.2. The van der Waals surface area contributed by atoms with E-state index < -0.39 is 5.60 Å². The Balaban J connectivity index is 1.89. The highest BCUT2D eigenvalue weighted by Gasteiger charge is 2.40. The highest BCUT2D eigenvalue weighted by molar-refractivity contribution is 5.39. The van der Waals surface area contributed by atoms with Gasteiger partial charge < -0.3 is 5.11 Å². The molecule has 2 heteroatoms. The highest BCUT2D eigenvalue weighted by Crippen LogP contribution is 2.46. The van der Waals surface area contributed by atoms with Crippen molar-refractivity contribution in [1.29, 1.82) is 0 Å². The molecule has 0 saturated heterocycles. The lowest BCUT2D eigenvalue weighted by Crippen LogP contribution is -2.28. The van der Waals surface area contributed by atoms with E-state index in [4.69, 9.17) is 0 Å². The molecule has 0 saturated carbocycles. The smallest absolute Gasteiger partial charge is 0.0890 e. The summed E-state index contributed by atoms with van der Waals surface area (Å²) in [4.78, 5) is 2.45. The van der Waals surface area contributed by atoms with Gasteiger partial charge in [-0.1, -0.05) is 61.5 Å². The zero-order chi connectivity index (χ0) is 14.9. The van der Waals surface area contributed by atoms with E-state index in [1.165, 1.54) is 11.1 Å². The maximum Gasteiger partial charge on any atom is 0.0890 e. The molecular formula is C19H23NO. The van der Waals surface area contributed by atoms with Crippen LogP contribution in [0.2, 0.25) is 0 Å². The number of aliphatic hydroxyl groups is 1. The lowest BCUT2D eigenvalue weighted by atomic mass is 9.99. The molecule has 1 aliphatic rings. The third-order valence-corrected chi connectivity index (χ3v) is 4.57. The molecule has 21 heavy (non-hydrogen) atoms. The van der Waals surface area contributed by atoms with Gasteiger partial charge in [-0.2, -0.15) is 0 Å². The topological polar surface area (TPSA) is 23.5 Å². The molecule has 2 aromatic carbocycles. The Labute approximate surface area is 127 Å². The van der Waals surface area contributed by atoms with Crippen molar-refractivity contribution in [2.24, 2.45) is 0 Å². The molecule has 2 aromatic rings. The summed E-state index contributed by atoms with van der Waals surface area (Å²) >= 11 is 0. The second-order valence-electron chi connectivity index (χ2n) is 6.13. The molecule has 0 bridgehead atoms. The molecule has 0 spiro atoms. The van der Waals surface area contributed by atoms with E-state index in [2.05, 4.69) is 60.4 Å². The Morgan fingerprint density at radius 1 is 1.10 bits per heavy atom. The lowest BCUT2D eigenvalue weighted by Gasteiger charge is -2.29. The number of hydrogen-bond donors (Lipinski definition) is 1. The van der Waals surface area contributed by atoms with Crippen molar-refractivity contribution in [3.63, 3.8) is 0 Å². The Bertz CT molecular complexity index is 606. The van der Waals surface area contributed by atoms with Crippen molar-refractivity contribution in [1.82, 2.24) is 4.90 Å². The number of rotatable bonds is 4. The molecule has 0 aliphatic heterocycles. The standard InChI is InChI=1S/C19H23NO/c1-3-20(14-15-9-5-4-6-10-15)18-13-19(2,21)17-12-8-7-11-16(17)18/h4-12,18,21H,3,13-14H2,1-2H3. The first-order valence-corrected chi connectivity index (χ1v) is 7.71.